The van der Waals surface area contributed by atoms with Crippen LogP contribution in [0.2, 0.25) is 0 Å². The van der Waals surface area contributed by atoms with Crippen molar-refractivity contribution in [2.45, 2.75) is 32.5 Å². The summed E-state index contributed by atoms with van der Waals surface area (Å²) in [4.78, 5) is 26.9. The average Bonchev–Trinajstić information content (AvgIpc) is 3.12. The molecule has 0 amide bonds. The van der Waals surface area contributed by atoms with Crippen LogP contribution in [0.1, 0.15) is 18.5 Å². The molecule has 3 aromatic rings. The second kappa shape index (κ2) is 9.79. The molecule has 34 heavy (non-hydrogen) atoms. The molecular formula is C21H24F3N7O3. The Morgan fingerprint density at radius 3 is 2.85 bits per heavy atom. The minimum atomic E-state index is -4.41. The number of anilines is 3. The largest absolute Gasteiger partial charge is 0.481 e. The van der Waals surface area contributed by atoms with E-state index in [0.717, 1.165) is 0 Å². The fourth-order valence-electron chi connectivity index (χ4n) is 3.87. The summed E-state index contributed by atoms with van der Waals surface area (Å²) >= 11 is 0. The van der Waals surface area contributed by atoms with Gasteiger partial charge in [-0.05, 0) is 31.9 Å². The van der Waals surface area contributed by atoms with Crippen molar-refractivity contribution in [3.63, 3.8) is 0 Å². The summed E-state index contributed by atoms with van der Waals surface area (Å²) in [5, 5.41) is 17.0. The van der Waals surface area contributed by atoms with Crippen molar-refractivity contribution < 1.29 is 27.8 Å². The van der Waals surface area contributed by atoms with Crippen molar-refractivity contribution in [2.24, 2.45) is 5.92 Å². The van der Waals surface area contributed by atoms with Gasteiger partial charge in [-0.1, -0.05) is 6.07 Å². The predicted octanol–water partition coefficient (Wildman–Crippen LogP) is 3.15. The second-order valence-corrected chi connectivity index (χ2v) is 8.01. The van der Waals surface area contributed by atoms with Crippen LogP contribution in [0.5, 0.6) is 0 Å². The van der Waals surface area contributed by atoms with E-state index in [2.05, 4.69) is 25.4 Å². The standard InChI is InChI=1S/C21H24F3N7O3/c1-13-16-17(31(29-13)9-10-34-12-21(22,23)24)18(26-15-6-2-3-7-25-15)28-20(27-16)30-8-4-5-14(11-30)19(32)33/h2-3,6-7,14H,4-5,8-12H2,1H3,(H,32,33)(H,25,26,27,28)/t14-/m0/s1. The molecule has 4 rings (SSSR count). The number of aryl methyl sites for hydroxylation is 1. The Hall–Kier alpha value is -3.48. The van der Waals surface area contributed by atoms with E-state index in [1.54, 1.807) is 31.3 Å². The number of aromatic nitrogens is 5. The zero-order valence-electron chi connectivity index (χ0n) is 18.4. The molecule has 0 unspecified atom stereocenters. The van der Waals surface area contributed by atoms with Gasteiger partial charge in [-0.3, -0.25) is 9.48 Å². The van der Waals surface area contributed by atoms with Gasteiger partial charge in [-0.25, -0.2) is 9.97 Å². The maximum Gasteiger partial charge on any atom is 0.411 e. The normalized spacial score (nSPS) is 16.7. The number of hydrogen-bond donors (Lipinski definition) is 2. The number of alkyl halides is 3. The molecule has 10 nitrogen and oxygen atoms in total. The van der Waals surface area contributed by atoms with Crippen LogP contribution in [0.3, 0.4) is 0 Å². The van der Waals surface area contributed by atoms with Crippen molar-refractivity contribution in [3.8, 4) is 0 Å². The number of nitrogens with zero attached hydrogens (tertiary/aromatic N) is 6. The summed E-state index contributed by atoms with van der Waals surface area (Å²) in [6, 6.07) is 5.30. The van der Waals surface area contributed by atoms with Gasteiger partial charge in [0, 0.05) is 19.3 Å². The molecular weight excluding hydrogens is 455 g/mol. The van der Waals surface area contributed by atoms with Gasteiger partial charge in [0.05, 0.1) is 24.8 Å². The third kappa shape index (κ3) is 5.53. The van der Waals surface area contributed by atoms with Gasteiger partial charge < -0.3 is 20.1 Å². The highest BCUT2D eigenvalue weighted by molar-refractivity contribution is 5.90. The maximum absolute atomic E-state index is 12.4. The molecule has 1 fully saturated rings. The molecule has 0 bridgehead atoms. The van der Waals surface area contributed by atoms with Gasteiger partial charge >= 0.3 is 12.1 Å². The number of nitrogens with one attached hydrogen (secondary N) is 1. The summed E-state index contributed by atoms with van der Waals surface area (Å²) in [7, 11) is 0. The van der Waals surface area contributed by atoms with Crippen molar-refractivity contribution in [1.82, 2.24) is 24.7 Å². The Morgan fingerprint density at radius 2 is 2.15 bits per heavy atom. The van der Waals surface area contributed by atoms with Gasteiger partial charge in [0.25, 0.3) is 0 Å². The summed E-state index contributed by atoms with van der Waals surface area (Å²) in [6.07, 6.45) is -1.52. The number of carboxylic acid groups (broad SMARTS) is 1. The first-order chi connectivity index (χ1) is 16.2. The van der Waals surface area contributed by atoms with Crippen molar-refractivity contribution >= 4 is 34.6 Å². The number of carboxylic acids is 1. The highest BCUT2D eigenvalue weighted by atomic mass is 19.4. The monoisotopic (exact) mass is 479 g/mol. The highest BCUT2D eigenvalue weighted by Gasteiger charge is 2.29. The molecule has 0 aromatic carbocycles. The van der Waals surface area contributed by atoms with Gasteiger partial charge in [-0.15, -0.1) is 0 Å². The van der Waals surface area contributed by atoms with Crippen LogP contribution in [0.4, 0.5) is 30.8 Å². The third-order valence-corrected chi connectivity index (χ3v) is 5.42. The molecule has 1 aliphatic heterocycles. The van der Waals surface area contributed by atoms with E-state index < -0.39 is 24.7 Å². The maximum atomic E-state index is 12.4. The van der Waals surface area contributed by atoms with Gasteiger partial charge in [0.2, 0.25) is 5.95 Å². The Kier molecular flexibility index (Phi) is 6.82. The lowest BCUT2D eigenvalue weighted by atomic mass is 9.99. The van der Waals surface area contributed by atoms with Crippen molar-refractivity contribution in [3.05, 3.63) is 30.1 Å². The predicted molar refractivity (Wildman–Crippen MR) is 117 cm³/mol. The molecule has 1 saturated heterocycles. The number of halogens is 3. The van der Waals surface area contributed by atoms with Crippen LogP contribution in [0, 0.1) is 12.8 Å². The van der Waals surface area contributed by atoms with Crippen LogP contribution in [-0.2, 0) is 16.1 Å². The summed E-state index contributed by atoms with van der Waals surface area (Å²) in [5.74, 6) is -0.148. The molecule has 1 aliphatic rings. The molecule has 0 aliphatic carbocycles. The lowest BCUT2D eigenvalue weighted by molar-refractivity contribution is -0.174. The van der Waals surface area contributed by atoms with E-state index in [-0.39, 0.29) is 19.7 Å². The van der Waals surface area contributed by atoms with Crippen molar-refractivity contribution in [2.75, 3.05) is 36.5 Å². The van der Waals surface area contributed by atoms with E-state index in [1.165, 1.54) is 4.68 Å². The smallest absolute Gasteiger partial charge is 0.411 e. The van der Waals surface area contributed by atoms with Crippen molar-refractivity contribution in [1.29, 1.82) is 0 Å². The number of carbonyl (C=O) groups is 1. The fraction of sp³-hybridized carbons (Fsp3) is 0.476. The molecule has 182 valence electrons. The zero-order chi connectivity index (χ0) is 24.3. The first-order valence-corrected chi connectivity index (χ1v) is 10.8. The second-order valence-electron chi connectivity index (χ2n) is 8.01. The van der Waals surface area contributed by atoms with Crippen LogP contribution in [-0.4, -0.2) is 68.3 Å². The quantitative estimate of drug-likeness (QED) is 0.470. The van der Waals surface area contributed by atoms with E-state index in [1.807, 2.05) is 4.90 Å². The number of rotatable bonds is 8. The number of ether oxygens (including phenoxy) is 1. The third-order valence-electron chi connectivity index (χ3n) is 5.42. The Labute approximate surface area is 192 Å². The fourth-order valence-corrected chi connectivity index (χ4v) is 3.87. The lowest BCUT2D eigenvalue weighted by Gasteiger charge is -2.31. The van der Waals surface area contributed by atoms with Crippen LogP contribution in [0.25, 0.3) is 11.0 Å². The van der Waals surface area contributed by atoms with E-state index in [0.29, 0.717) is 53.7 Å². The molecule has 0 saturated carbocycles. The Morgan fingerprint density at radius 1 is 1.32 bits per heavy atom. The zero-order valence-corrected chi connectivity index (χ0v) is 18.4. The molecule has 3 aromatic heterocycles. The number of piperidine rings is 1. The molecule has 13 heteroatoms. The summed E-state index contributed by atoms with van der Waals surface area (Å²) < 4.78 is 43.5. The molecule has 1 atom stereocenters. The Bertz CT molecular complexity index is 1150. The van der Waals surface area contributed by atoms with Crippen LogP contribution >= 0.6 is 0 Å². The first-order valence-electron chi connectivity index (χ1n) is 10.8. The lowest BCUT2D eigenvalue weighted by Crippen LogP contribution is -2.39. The van der Waals surface area contributed by atoms with Crippen LogP contribution in [0.15, 0.2) is 24.4 Å². The molecule has 2 N–H and O–H groups in total. The Balaban J connectivity index is 1.69. The number of hydrogen-bond acceptors (Lipinski definition) is 8. The minimum Gasteiger partial charge on any atom is -0.481 e. The van der Waals surface area contributed by atoms with Gasteiger partial charge in [0.15, 0.2) is 5.82 Å². The van der Waals surface area contributed by atoms with E-state index in [9.17, 15) is 23.1 Å². The van der Waals surface area contributed by atoms with E-state index >= 15 is 0 Å². The minimum absolute atomic E-state index is 0.0603. The number of aliphatic carboxylic acids is 1. The summed E-state index contributed by atoms with van der Waals surface area (Å²) in [5.41, 5.74) is 1.57. The highest BCUT2D eigenvalue weighted by Crippen LogP contribution is 2.30. The first kappa shape index (κ1) is 23.7. The van der Waals surface area contributed by atoms with Crippen LogP contribution < -0.4 is 10.2 Å². The molecule has 0 spiro atoms. The summed E-state index contributed by atoms with van der Waals surface area (Å²) in [6.45, 7) is 1.15. The number of fused-ring (bicyclic) bond motifs is 1. The molecule has 4 heterocycles. The van der Waals surface area contributed by atoms with Gasteiger partial charge in [-0.2, -0.15) is 23.3 Å². The topological polar surface area (TPSA) is 118 Å². The SMILES string of the molecule is Cc1nn(CCOCC(F)(F)F)c2c(Nc3ccccn3)nc(N3CCC[C@H](C(=O)O)C3)nc12. The van der Waals surface area contributed by atoms with E-state index in [4.69, 9.17) is 4.74 Å². The van der Waals surface area contributed by atoms with Gasteiger partial charge in [0.1, 0.15) is 23.5 Å². The molecule has 0 radical (unpaired) electrons. The number of pyridine rings is 1. The average molecular weight is 479 g/mol.